The molecule has 4 nitrogen and oxygen atoms in total. The fourth-order valence-corrected chi connectivity index (χ4v) is 7.64. The number of pyridine rings is 1. The van der Waals surface area contributed by atoms with Gasteiger partial charge in [-0.05, 0) is 121 Å². The van der Waals surface area contributed by atoms with E-state index >= 15 is 0 Å². The van der Waals surface area contributed by atoms with Gasteiger partial charge in [-0.15, -0.1) is 0 Å². The van der Waals surface area contributed by atoms with Crippen LogP contribution >= 0.6 is 43.5 Å². The first-order chi connectivity index (χ1) is 16.0. The Kier molecular flexibility index (Phi) is 7.80. The van der Waals surface area contributed by atoms with Crippen LogP contribution in [0.1, 0.15) is 60.4 Å². The summed E-state index contributed by atoms with van der Waals surface area (Å²) in [6.45, 7) is 4.06. The molecule has 5 rings (SSSR count). The van der Waals surface area contributed by atoms with Crippen LogP contribution in [0.4, 0.5) is 0 Å². The Hall–Kier alpha value is -0.500. The normalized spacial score (nSPS) is 23.6. The zero-order valence-corrected chi connectivity index (χ0v) is 22.8. The smallest absolute Gasteiger partial charge is 0.107 e. The van der Waals surface area contributed by atoms with Gasteiger partial charge in [0.1, 0.15) is 6.23 Å². The number of nitrogens with one attached hydrogen (secondary N) is 1. The highest BCUT2D eigenvalue weighted by molar-refractivity contribution is 9.10. The number of piperidine rings is 2. The number of aliphatic hydroxyl groups excluding tert-OH is 1. The highest BCUT2D eigenvalue weighted by Crippen LogP contribution is 2.46. The van der Waals surface area contributed by atoms with Crippen LogP contribution in [-0.4, -0.2) is 47.4 Å². The van der Waals surface area contributed by atoms with Crippen molar-refractivity contribution in [3.05, 3.63) is 60.7 Å². The average Bonchev–Trinajstić information content (AvgIpc) is 2.96. The molecular formula is C26H32Br2ClN3O. The molecule has 1 aromatic carbocycles. The molecule has 33 heavy (non-hydrogen) atoms. The lowest BCUT2D eigenvalue weighted by molar-refractivity contribution is -0.0352. The topological polar surface area (TPSA) is 48.4 Å². The fraction of sp³-hybridized carbons (Fsp3) is 0.577. The van der Waals surface area contributed by atoms with Crippen LogP contribution in [0.25, 0.3) is 0 Å². The van der Waals surface area contributed by atoms with E-state index in [4.69, 9.17) is 16.6 Å². The second kappa shape index (κ2) is 10.6. The average molecular weight is 598 g/mol. The summed E-state index contributed by atoms with van der Waals surface area (Å²) >= 11 is 13.9. The molecule has 1 aliphatic carbocycles. The quantitative estimate of drug-likeness (QED) is 0.460. The molecule has 3 heterocycles. The zero-order valence-electron chi connectivity index (χ0n) is 18.9. The van der Waals surface area contributed by atoms with Crippen molar-refractivity contribution in [1.82, 2.24) is 15.2 Å². The summed E-state index contributed by atoms with van der Waals surface area (Å²) in [5.41, 5.74) is 5.25. The van der Waals surface area contributed by atoms with Crippen LogP contribution < -0.4 is 5.32 Å². The molecule has 2 atom stereocenters. The van der Waals surface area contributed by atoms with E-state index in [9.17, 15) is 5.11 Å². The van der Waals surface area contributed by atoms with Crippen LogP contribution in [0.2, 0.25) is 5.02 Å². The number of aryl methyl sites for hydroxylation is 2. The predicted octanol–water partition coefficient (Wildman–Crippen LogP) is 5.91. The number of rotatable bonds is 4. The van der Waals surface area contributed by atoms with E-state index in [1.165, 1.54) is 35.2 Å². The van der Waals surface area contributed by atoms with Crippen LogP contribution in [0.3, 0.4) is 0 Å². The summed E-state index contributed by atoms with van der Waals surface area (Å²) in [7, 11) is 0. The van der Waals surface area contributed by atoms with Gasteiger partial charge in [-0.25, -0.2) is 0 Å². The Morgan fingerprint density at radius 2 is 1.79 bits per heavy atom. The van der Waals surface area contributed by atoms with Gasteiger partial charge in [-0.3, -0.25) is 9.88 Å². The molecule has 2 N–H and O–H groups in total. The minimum absolute atomic E-state index is 0.251. The van der Waals surface area contributed by atoms with E-state index < -0.39 is 0 Å². The van der Waals surface area contributed by atoms with Crippen molar-refractivity contribution in [3.63, 3.8) is 0 Å². The third-order valence-electron chi connectivity index (χ3n) is 7.89. The van der Waals surface area contributed by atoms with Gasteiger partial charge in [0.2, 0.25) is 0 Å². The van der Waals surface area contributed by atoms with Gasteiger partial charge in [-0.2, -0.15) is 0 Å². The largest absolute Gasteiger partial charge is 0.378 e. The Bertz CT molecular complexity index is 990. The van der Waals surface area contributed by atoms with Gasteiger partial charge >= 0.3 is 0 Å². The van der Waals surface area contributed by atoms with Gasteiger partial charge < -0.3 is 10.4 Å². The summed E-state index contributed by atoms with van der Waals surface area (Å²) in [4.78, 5) is 7.27. The molecular weight excluding hydrogens is 566 g/mol. The first-order valence-corrected chi connectivity index (χ1v) is 14.2. The Labute approximate surface area is 218 Å². The van der Waals surface area contributed by atoms with E-state index in [2.05, 4.69) is 54.2 Å². The number of halogens is 3. The minimum Gasteiger partial charge on any atom is -0.378 e. The maximum atomic E-state index is 11.0. The summed E-state index contributed by atoms with van der Waals surface area (Å²) in [5.74, 6) is 1.39. The molecule has 0 radical (unpaired) electrons. The van der Waals surface area contributed by atoms with Crippen molar-refractivity contribution in [2.24, 2.45) is 11.8 Å². The van der Waals surface area contributed by atoms with Crippen molar-refractivity contribution in [2.75, 3.05) is 26.2 Å². The Balaban J connectivity index is 1.38. The SMILES string of the molecule is OC(CC1CCNCC1)N1CCC([C@H]2c3ncc(Br)cc3CCc3cc(Cl)cc(Br)c32)CC1. The number of fused-ring (bicyclic) bond motifs is 2. The number of hydrogen-bond donors (Lipinski definition) is 2. The molecule has 1 unspecified atom stereocenters. The first-order valence-electron chi connectivity index (χ1n) is 12.2. The molecule has 3 aliphatic rings. The van der Waals surface area contributed by atoms with Crippen LogP contribution in [-0.2, 0) is 12.8 Å². The predicted molar refractivity (Wildman–Crippen MR) is 141 cm³/mol. The number of nitrogens with zero attached hydrogens (tertiary/aromatic N) is 2. The number of aliphatic hydroxyl groups is 1. The van der Waals surface area contributed by atoms with Gasteiger partial charge in [0, 0.05) is 39.2 Å². The van der Waals surface area contributed by atoms with Crippen LogP contribution in [0, 0.1) is 11.8 Å². The van der Waals surface area contributed by atoms with E-state index in [0.717, 1.165) is 72.3 Å². The van der Waals surface area contributed by atoms with Crippen molar-refractivity contribution in [2.45, 2.75) is 57.1 Å². The van der Waals surface area contributed by atoms with Gasteiger partial charge in [0.05, 0.1) is 5.69 Å². The number of aromatic nitrogens is 1. The molecule has 0 amide bonds. The first kappa shape index (κ1) is 24.2. The molecule has 0 saturated carbocycles. The van der Waals surface area contributed by atoms with E-state index in [1.807, 2.05) is 12.3 Å². The second-order valence-corrected chi connectivity index (χ2v) is 12.1. The number of likely N-dealkylation sites (tertiary alicyclic amines) is 1. The van der Waals surface area contributed by atoms with Crippen LogP contribution in [0.15, 0.2) is 33.3 Å². The van der Waals surface area contributed by atoms with Crippen molar-refractivity contribution < 1.29 is 5.11 Å². The van der Waals surface area contributed by atoms with Crippen LogP contribution in [0.5, 0.6) is 0 Å². The van der Waals surface area contributed by atoms with Crippen molar-refractivity contribution in [1.29, 1.82) is 0 Å². The number of benzene rings is 1. The lowest BCUT2D eigenvalue weighted by Crippen LogP contribution is -2.44. The lowest BCUT2D eigenvalue weighted by atomic mass is 9.76. The summed E-state index contributed by atoms with van der Waals surface area (Å²) in [5, 5.41) is 15.2. The Morgan fingerprint density at radius 1 is 1.06 bits per heavy atom. The molecule has 1 aromatic heterocycles. The Morgan fingerprint density at radius 3 is 2.55 bits per heavy atom. The third-order valence-corrected chi connectivity index (χ3v) is 9.20. The molecule has 0 bridgehead atoms. The molecule has 2 saturated heterocycles. The summed E-state index contributed by atoms with van der Waals surface area (Å²) in [6.07, 6.45) is 8.99. The highest BCUT2D eigenvalue weighted by atomic mass is 79.9. The van der Waals surface area contributed by atoms with E-state index in [0.29, 0.717) is 11.8 Å². The molecule has 0 spiro atoms. The number of hydrogen-bond acceptors (Lipinski definition) is 4. The molecule has 2 fully saturated rings. The summed E-state index contributed by atoms with van der Waals surface area (Å²) < 4.78 is 2.14. The lowest BCUT2D eigenvalue weighted by Gasteiger charge is -2.40. The molecule has 2 aromatic rings. The molecule has 7 heteroatoms. The molecule has 2 aliphatic heterocycles. The highest BCUT2D eigenvalue weighted by Gasteiger charge is 2.36. The van der Waals surface area contributed by atoms with Gasteiger partial charge in [0.15, 0.2) is 0 Å². The van der Waals surface area contributed by atoms with Crippen molar-refractivity contribution in [3.8, 4) is 0 Å². The fourth-order valence-electron chi connectivity index (χ4n) is 6.15. The second-order valence-electron chi connectivity index (χ2n) is 9.92. The van der Waals surface area contributed by atoms with Gasteiger partial charge in [0.25, 0.3) is 0 Å². The molecule has 178 valence electrons. The maximum Gasteiger partial charge on any atom is 0.107 e. The van der Waals surface area contributed by atoms with E-state index in [1.54, 1.807) is 0 Å². The maximum absolute atomic E-state index is 11.0. The standard InChI is InChI=1S/C26H32Br2ClN3O/c27-20-12-19-2-1-18-13-21(29)14-22(28)24(18)25(26(19)31-15-20)17-5-9-32(10-6-17)23(33)11-16-3-7-30-8-4-16/h12-17,23,25,30,33H,1-11H2/t23?,25-/m1/s1. The zero-order chi connectivity index (χ0) is 22.9. The monoisotopic (exact) mass is 595 g/mol. The minimum atomic E-state index is -0.317. The van der Waals surface area contributed by atoms with E-state index in [-0.39, 0.29) is 12.1 Å². The van der Waals surface area contributed by atoms with Gasteiger partial charge in [-0.1, -0.05) is 27.5 Å². The summed E-state index contributed by atoms with van der Waals surface area (Å²) in [6, 6.07) is 6.43. The van der Waals surface area contributed by atoms with Crippen molar-refractivity contribution >= 4 is 43.5 Å². The third kappa shape index (κ3) is 5.36.